The van der Waals surface area contributed by atoms with Crippen LogP contribution in [0.15, 0.2) is 48.7 Å². The summed E-state index contributed by atoms with van der Waals surface area (Å²) in [6, 6.07) is 13.4. The number of benzene rings is 1. The van der Waals surface area contributed by atoms with Gasteiger partial charge in [0.1, 0.15) is 5.54 Å². The van der Waals surface area contributed by atoms with Crippen LogP contribution in [-0.4, -0.2) is 83.3 Å². The molecular weight excluding hydrogens is 442 g/mol. The zero-order chi connectivity index (χ0) is 25.0. The van der Waals surface area contributed by atoms with Crippen molar-refractivity contribution in [1.82, 2.24) is 25.0 Å². The Balaban J connectivity index is 1.51. The number of carbonyl (C=O) groups excluding carboxylic acids is 3. The number of amides is 4. The van der Waals surface area contributed by atoms with Gasteiger partial charge < -0.3 is 15.1 Å². The van der Waals surface area contributed by atoms with Gasteiger partial charge in [-0.3, -0.25) is 19.5 Å². The van der Waals surface area contributed by atoms with E-state index in [9.17, 15) is 14.4 Å². The van der Waals surface area contributed by atoms with Crippen LogP contribution >= 0.6 is 0 Å². The van der Waals surface area contributed by atoms with E-state index in [1.54, 1.807) is 12.3 Å². The monoisotopic (exact) mass is 477 g/mol. The molecule has 35 heavy (non-hydrogen) atoms. The molecule has 0 spiro atoms. The number of likely N-dealkylation sites (N-methyl/N-ethyl adjacent to an activating group) is 1. The van der Waals surface area contributed by atoms with Crippen LogP contribution in [0.3, 0.4) is 0 Å². The molecule has 1 unspecified atom stereocenters. The predicted octanol–water partition coefficient (Wildman–Crippen LogP) is 2.73. The molecule has 2 aliphatic rings. The zero-order valence-corrected chi connectivity index (χ0v) is 20.9. The van der Waals surface area contributed by atoms with E-state index < -0.39 is 5.54 Å². The summed E-state index contributed by atoms with van der Waals surface area (Å²) < 4.78 is 0. The second-order valence-corrected chi connectivity index (χ2v) is 9.90. The molecule has 0 aliphatic carbocycles. The first kappa shape index (κ1) is 24.9. The Morgan fingerprint density at radius 2 is 1.83 bits per heavy atom. The van der Waals surface area contributed by atoms with Crippen LogP contribution in [0.1, 0.15) is 40.9 Å². The molecule has 0 radical (unpaired) electrons. The molecular formula is C27H35N5O3. The summed E-state index contributed by atoms with van der Waals surface area (Å²) in [4.78, 5) is 49.1. The van der Waals surface area contributed by atoms with Crippen molar-refractivity contribution in [1.29, 1.82) is 0 Å². The van der Waals surface area contributed by atoms with Crippen LogP contribution < -0.4 is 5.32 Å². The van der Waals surface area contributed by atoms with Crippen LogP contribution in [0.4, 0.5) is 4.79 Å². The molecule has 1 N–H and O–H groups in total. The maximum Gasteiger partial charge on any atom is 0.325 e. The highest BCUT2D eigenvalue weighted by Crippen LogP contribution is 2.37. The van der Waals surface area contributed by atoms with Crippen molar-refractivity contribution in [3.8, 4) is 0 Å². The number of nitrogens with zero attached hydrogens (tertiary/aromatic N) is 4. The van der Waals surface area contributed by atoms with Crippen molar-refractivity contribution in [3.05, 3.63) is 65.5 Å². The zero-order valence-electron chi connectivity index (χ0n) is 20.9. The summed E-state index contributed by atoms with van der Waals surface area (Å²) in [5.74, 6) is -0.205. The van der Waals surface area contributed by atoms with E-state index in [1.807, 2.05) is 55.1 Å². The van der Waals surface area contributed by atoms with Crippen LogP contribution in [0.5, 0.6) is 0 Å². The topological polar surface area (TPSA) is 85.9 Å². The molecule has 1 aromatic carbocycles. The minimum atomic E-state index is -0.945. The van der Waals surface area contributed by atoms with Crippen molar-refractivity contribution >= 4 is 17.8 Å². The molecule has 2 aromatic rings. The summed E-state index contributed by atoms with van der Waals surface area (Å²) in [6.07, 6.45) is 4.18. The largest absolute Gasteiger partial charge is 0.339 e. The minimum absolute atomic E-state index is 0.0350. The fourth-order valence-electron chi connectivity index (χ4n) is 5.14. The van der Waals surface area contributed by atoms with E-state index in [1.165, 1.54) is 4.90 Å². The van der Waals surface area contributed by atoms with Crippen molar-refractivity contribution in [3.63, 3.8) is 0 Å². The molecule has 8 heteroatoms. The summed E-state index contributed by atoms with van der Waals surface area (Å²) in [7, 11) is 3.86. The highest BCUT2D eigenvalue weighted by Gasteiger charge is 2.55. The lowest BCUT2D eigenvalue weighted by atomic mass is 9.74. The highest BCUT2D eigenvalue weighted by atomic mass is 16.2. The highest BCUT2D eigenvalue weighted by molar-refractivity contribution is 6.07. The van der Waals surface area contributed by atoms with Gasteiger partial charge in [-0.25, -0.2) is 4.79 Å². The van der Waals surface area contributed by atoms with E-state index in [0.717, 1.165) is 11.3 Å². The number of rotatable bonds is 8. The van der Waals surface area contributed by atoms with Gasteiger partial charge in [-0.2, -0.15) is 0 Å². The molecule has 186 valence electrons. The number of imide groups is 1. The Bertz CT molecular complexity index is 1050. The molecule has 4 rings (SSSR count). The van der Waals surface area contributed by atoms with Crippen molar-refractivity contribution < 1.29 is 14.4 Å². The van der Waals surface area contributed by atoms with E-state index in [0.29, 0.717) is 57.4 Å². The van der Waals surface area contributed by atoms with Crippen LogP contribution in [0.2, 0.25) is 0 Å². The molecule has 2 saturated heterocycles. The third-order valence-corrected chi connectivity index (χ3v) is 7.26. The second kappa shape index (κ2) is 10.6. The smallest absolute Gasteiger partial charge is 0.325 e. The van der Waals surface area contributed by atoms with E-state index >= 15 is 0 Å². The summed E-state index contributed by atoms with van der Waals surface area (Å²) in [6.45, 7) is 3.97. The summed E-state index contributed by atoms with van der Waals surface area (Å²) in [5, 5.41) is 3.12. The fraction of sp³-hybridized carbons (Fsp3) is 0.481. The molecule has 3 heterocycles. The molecule has 8 nitrogen and oxygen atoms in total. The summed E-state index contributed by atoms with van der Waals surface area (Å²) in [5.41, 5.74) is 1.64. The van der Waals surface area contributed by atoms with Gasteiger partial charge in [-0.1, -0.05) is 30.3 Å². The van der Waals surface area contributed by atoms with Gasteiger partial charge in [0.15, 0.2) is 0 Å². The SMILES string of the molecule is Cc1ccc(C(=O)N2CCC(C3(CCc4ccccc4)NC(=O)N(CCN(C)C)C3=O)CC2)cn1. The Kier molecular flexibility index (Phi) is 7.50. The van der Waals surface area contributed by atoms with Crippen molar-refractivity contribution in [2.75, 3.05) is 40.3 Å². The number of aromatic nitrogens is 1. The Hall–Kier alpha value is -3.26. The molecule has 1 aromatic heterocycles. The molecule has 0 saturated carbocycles. The number of urea groups is 1. The Morgan fingerprint density at radius 1 is 1.11 bits per heavy atom. The number of piperidine rings is 1. The van der Waals surface area contributed by atoms with E-state index in [2.05, 4.69) is 22.4 Å². The molecule has 1 atom stereocenters. The van der Waals surface area contributed by atoms with Gasteiger partial charge >= 0.3 is 6.03 Å². The Labute approximate surface area is 207 Å². The quantitative estimate of drug-likeness (QED) is 0.591. The van der Waals surface area contributed by atoms with Crippen LogP contribution in [0, 0.1) is 12.8 Å². The molecule has 2 fully saturated rings. The van der Waals surface area contributed by atoms with E-state index in [-0.39, 0.29) is 23.8 Å². The normalized spacial score (nSPS) is 21.0. The number of hydrogen-bond acceptors (Lipinski definition) is 5. The van der Waals surface area contributed by atoms with Gasteiger partial charge in [0.05, 0.1) is 5.56 Å². The standard InChI is InChI=1S/C27H35N5O3/c1-20-9-10-22(19-28-20)24(33)31-15-12-23(13-16-31)27(14-11-21-7-5-4-6-8-21)25(34)32(26(35)29-27)18-17-30(2)3/h4-10,19,23H,11-18H2,1-3H3,(H,29,35). The number of pyridine rings is 1. The Morgan fingerprint density at radius 3 is 2.46 bits per heavy atom. The average molecular weight is 478 g/mol. The maximum absolute atomic E-state index is 13.8. The lowest BCUT2D eigenvalue weighted by Crippen LogP contribution is -2.57. The lowest BCUT2D eigenvalue weighted by Gasteiger charge is -2.41. The lowest BCUT2D eigenvalue weighted by molar-refractivity contribution is -0.134. The van der Waals surface area contributed by atoms with Gasteiger partial charge in [-0.05, 0) is 70.3 Å². The molecule has 4 amide bonds. The van der Waals surface area contributed by atoms with E-state index in [4.69, 9.17) is 0 Å². The van der Waals surface area contributed by atoms with Gasteiger partial charge in [-0.15, -0.1) is 0 Å². The predicted molar refractivity (Wildman–Crippen MR) is 134 cm³/mol. The van der Waals surface area contributed by atoms with Gasteiger partial charge in [0.25, 0.3) is 11.8 Å². The second-order valence-electron chi connectivity index (χ2n) is 9.90. The first-order valence-corrected chi connectivity index (χ1v) is 12.3. The minimum Gasteiger partial charge on any atom is -0.339 e. The average Bonchev–Trinajstić information content (AvgIpc) is 3.11. The van der Waals surface area contributed by atoms with Crippen LogP contribution in [-0.2, 0) is 11.2 Å². The van der Waals surface area contributed by atoms with Crippen LogP contribution in [0.25, 0.3) is 0 Å². The van der Waals surface area contributed by atoms with Crippen molar-refractivity contribution in [2.24, 2.45) is 5.92 Å². The summed E-state index contributed by atoms with van der Waals surface area (Å²) >= 11 is 0. The van der Waals surface area contributed by atoms with Crippen molar-refractivity contribution in [2.45, 2.75) is 38.1 Å². The first-order valence-electron chi connectivity index (χ1n) is 12.3. The molecule has 0 bridgehead atoms. The maximum atomic E-state index is 13.8. The third-order valence-electron chi connectivity index (χ3n) is 7.26. The number of likely N-dealkylation sites (tertiary alicyclic amines) is 1. The number of carbonyl (C=O) groups is 3. The number of aryl methyl sites for hydroxylation is 2. The number of nitrogens with one attached hydrogen (secondary N) is 1. The fourth-order valence-corrected chi connectivity index (χ4v) is 5.14. The first-order chi connectivity index (χ1) is 16.8. The van der Waals surface area contributed by atoms with Gasteiger partial charge in [0, 0.05) is 38.1 Å². The number of hydrogen-bond donors (Lipinski definition) is 1. The third kappa shape index (κ3) is 5.37. The van der Waals surface area contributed by atoms with Gasteiger partial charge in [0.2, 0.25) is 0 Å². The molecule has 2 aliphatic heterocycles.